The summed E-state index contributed by atoms with van der Waals surface area (Å²) in [4.78, 5) is 3.44. The molecule has 4 saturated heterocycles. The topological polar surface area (TPSA) is 6.48 Å². The molecule has 0 aliphatic carbocycles. The molecule has 0 saturated carbocycles. The van der Waals surface area contributed by atoms with Gasteiger partial charge in [0.2, 0.25) is 0 Å². The fraction of sp³-hybridized carbons (Fsp3) is 0.692. The maximum absolute atomic E-state index is 13.3. The van der Waals surface area contributed by atoms with Crippen LogP contribution in [-0.4, -0.2) is 53.0 Å². The van der Waals surface area contributed by atoms with Crippen LogP contribution in [0.5, 0.6) is 0 Å². The van der Waals surface area contributed by atoms with Crippen molar-refractivity contribution in [3.8, 4) is 0 Å². The van der Waals surface area contributed by atoms with Crippen molar-refractivity contribution in [2.24, 2.45) is 11.8 Å². The number of hydrogen-bond donors (Lipinski definition) is 0. The first-order chi connectivity index (χ1) is 9.71. The second-order valence-electron chi connectivity index (χ2n) is 6.40. The molecule has 6 heterocycles. The van der Waals surface area contributed by atoms with Gasteiger partial charge < -0.3 is 0 Å². The predicted molar refractivity (Wildman–Crippen MR) is 59.0 cm³/mol. The van der Waals surface area contributed by atoms with Gasteiger partial charge in [-0.25, -0.2) is 0 Å². The minimum Gasteiger partial charge on any atom is -0.277 e. The summed E-state index contributed by atoms with van der Waals surface area (Å²) < 4.78 is 79.6. The molecule has 2 nitrogen and oxygen atoms in total. The molecule has 0 aromatic carbocycles. The molecule has 4 fully saturated rings. The zero-order chi connectivity index (χ0) is 14.9. The first-order valence-corrected chi connectivity index (χ1v) is 6.79. The van der Waals surface area contributed by atoms with Crippen molar-refractivity contribution in [3.63, 3.8) is 0 Å². The Hall–Kier alpha value is -1.02. The second kappa shape index (κ2) is 3.17. The van der Waals surface area contributed by atoms with Crippen LogP contribution in [0.3, 0.4) is 0 Å². The second-order valence-corrected chi connectivity index (χ2v) is 6.40. The first-order valence-electron chi connectivity index (χ1n) is 6.79. The quantitative estimate of drug-likeness (QED) is 0.500. The van der Waals surface area contributed by atoms with Crippen LogP contribution in [0.2, 0.25) is 0 Å². The van der Waals surface area contributed by atoms with Gasteiger partial charge in [0.1, 0.15) is 0 Å². The lowest BCUT2D eigenvalue weighted by Crippen LogP contribution is -2.55. The Morgan fingerprint density at radius 3 is 1.57 bits per heavy atom. The maximum Gasteiger partial charge on any atom is 0.414 e. The van der Waals surface area contributed by atoms with Crippen LogP contribution in [0.1, 0.15) is 0 Å². The Labute approximate surface area is 115 Å². The van der Waals surface area contributed by atoms with E-state index in [4.69, 9.17) is 0 Å². The number of hydrogen-bond acceptors (Lipinski definition) is 2. The van der Waals surface area contributed by atoms with Gasteiger partial charge in [-0.15, -0.1) is 0 Å². The van der Waals surface area contributed by atoms with Gasteiger partial charge in [0.25, 0.3) is 0 Å². The molecule has 0 amide bonds. The Balaban J connectivity index is 1.73. The summed E-state index contributed by atoms with van der Waals surface area (Å²) in [6.45, 7) is 0.198. The van der Waals surface area contributed by atoms with Crippen molar-refractivity contribution in [2.45, 2.75) is 36.5 Å². The molecule has 8 bridgehead atoms. The van der Waals surface area contributed by atoms with Crippen LogP contribution in [0, 0.1) is 11.8 Å². The van der Waals surface area contributed by atoms with E-state index in [1.807, 2.05) is 17.1 Å². The van der Waals surface area contributed by atoms with Gasteiger partial charge in [-0.1, -0.05) is 12.2 Å². The van der Waals surface area contributed by atoms with Gasteiger partial charge in [-0.2, -0.15) is 26.3 Å². The monoisotopic (exact) mass is 308 g/mol. The third-order valence-electron chi connectivity index (χ3n) is 5.77. The van der Waals surface area contributed by atoms with E-state index in [0.717, 1.165) is 0 Å². The molecular formula is C13H10F6N2. The molecule has 114 valence electrons. The van der Waals surface area contributed by atoms with Gasteiger partial charge in [-0.05, 0) is 0 Å². The fourth-order valence-corrected chi connectivity index (χ4v) is 5.44. The molecule has 0 aromatic rings. The smallest absolute Gasteiger partial charge is 0.277 e. The minimum absolute atomic E-state index is 0.126. The van der Waals surface area contributed by atoms with Crippen molar-refractivity contribution in [2.75, 3.05) is 6.67 Å². The van der Waals surface area contributed by atoms with Gasteiger partial charge in [0.15, 0.2) is 0 Å². The Morgan fingerprint density at radius 1 is 0.762 bits per heavy atom. The molecule has 6 atom stereocenters. The largest absolute Gasteiger partial charge is 0.414 e. The van der Waals surface area contributed by atoms with Crippen molar-refractivity contribution in [1.82, 2.24) is 9.80 Å². The van der Waals surface area contributed by atoms with Crippen molar-refractivity contribution >= 4 is 0 Å². The van der Waals surface area contributed by atoms with E-state index in [1.54, 1.807) is 0 Å². The van der Waals surface area contributed by atoms with Crippen LogP contribution < -0.4 is 0 Å². The molecule has 0 aromatic heterocycles. The molecule has 6 rings (SSSR count). The highest BCUT2D eigenvalue weighted by Gasteiger charge is 2.76. The summed E-state index contributed by atoms with van der Waals surface area (Å²) in [7, 11) is 0. The molecule has 6 aliphatic heterocycles. The number of nitrogens with zero attached hydrogens (tertiary/aromatic N) is 2. The van der Waals surface area contributed by atoms with Crippen molar-refractivity contribution < 1.29 is 26.3 Å². The number of rotatable bonds is 0. The van der Waals surface area contributed by atoms with Gasteiger partial charge in [0, 0.05) is 36.0 Å². The lowest BCUT2D eigenvalue weighted by atomic mass is 9.70. The van der Waals surface area contributed by atoms with E-state index >= 15 is 0 Å². The molecule has 0 spiro atoms. The third kappa shape index (κ3) is 1.18. The van der Waals surface area contributed by atoms with E-state index < -0.39 is 35.6 Å². The molecular weight excluding hydrogens is 298 g/mol. The highest BCUT2D eigenvalue weighted by Crippen LogP contribution is 2.66. The first kappa shape index (κ1) is 12.5. The lowest BCUT2D eigenvalue weighted by molar-refractivity contribution is -0.121. The molecule has 6 aliphatic rings. The summed E-state index contributed by atoms with van der Waals surface area (Å²) >= 11 is 0. The minimum atomic E-state index is -4.92. The van der Waals surface area contributed by atoms with Crippen LogP contribution in [0.4, 0.5) is 26.3 Å². The van der Waals surface area contributed by atoms with Gasteiger partial charge in [0.05, 0.1) is 17.8 Å². The predicted octanol–water partition coefficient (Wildman–Crippen LogP) is 2.30. The average molecular weight is 308 g/mol. The fourth-order valence-electron chi connectivity index (χ4n) is 5.44. The zero-order valence-corrected chi connectivity index (χ0v) is 10.5. The normalized spacial score (nSPS) is 52.7. The van der Waals surface area contributed by atoms with Crippen LogP contribution in [0.15, 0.2) is 23.3 Å². The number of alkyl halides is 6. The number of halogens is 6. The van der Waals surface area contributed by atoms with Gasteiger partial charge in [-0.3, -0.25) is 9.80 Å². The zero-order valence-electron chi connectivity index (χ0n) is 10.5. The van der Waals surface area contributed by atoms with Gasteiger partial charge >= 0.3 is 12.4 Å². The third-order valence-corrected chi connectivity index (χ3v) is 5.77. The van der Waals surface area contributed by atoms with E-state index in [0.29, 0.717) is 0 Å². The molecule has 8 heteroatoms. The molecule has 0 radical (unpaired) electrons. The average Bonchev–Trinajstić information content (AvgIpc) is 3.03. The highest BCUT2D eigenvalue weighted by molar-refractivity contribution is 5.49. The Bertz CT molecular complexity index is 555. The van der Waals surface area contributed by atoms with Crippen LogP contribution in [-0.2, 0) is 0 Å². The summed E-state index contributed by atoms with van der Waals surface area (Å²) in [5.74, 6) is -0.692. The molecule has 0 N–H and O–H groups in total. The lowest BCUT2D eigenvalue weighted by Gasteiger charge is -2.41. The van der Waals surface area contributed by atoms with Crippen LogP contribution >= 0.6 is 0 Å². The molecule has 21 heavy (non-hydrogen) atoms. The molecule has 6 unspecified atom stereocenters. The summed E-state index contributed by atoms with van der Waals surface area (Å²) in [6, 6.07) is -2.49. The van der Waals surface area contributed by atoms with E-state index in [-0.39, 0.29) is 30.6 Å². The van der Waals surface area contributed by atoms with E-state index in [1.165, 1.54) is 4.90 Å². The van der Waals surface area contributed by atoms with E-state index in [9.17, 15) is 26.3 Å². The summed E-state index contributed by atoms with van der Waals surface area (Å²) in [5.41, 5.74) is -2.66. The Morgan fingerprint density at radius 2 is 1.19 bits per heavy atom. The van der Waals surface area contributed by atoms with Crippen molar-refractivity contribution in [3.05, 3.63) is 23.3 Å². The van der Waals surface area contributed by atoms with E-state index in [2.05, 4.69) is 0 Å². The van der Waals surface area contributed by atoms with Crippen molar-refractivity contribution in [1.29, 1.82) is 0 Å². The summed E-state index contributed by atoms with van der Waals surface area (Å²) in [5, 5.41) is 0. The maximum atomic E-state index is 13.3. The standard InChI is InChI=1S/C13H10F6N2/c14-12(15,16)8-9(13(17,18)19)11-7-5-2-1-4-6(7)10(8)21(11)3-20(4)5/h1-2,4-7,10-11H,3H2. The highest BCUT2D eigenvalue weighted by atomic mass is 19.4. The van der Waals surface area contributed by atoms with Crippen LogP contribution in [0.25, 0.3) is 0 Å². The Kier molecular flexibility index (Phi) is 1.89. The summed E-state index contributed by atoms with van der Waals surface area (Å²) in [6.07, 6.45) is -6.10. The SMILES string of the molecule is FC(F)(F)C1=C(C(F)(F)F)C2C3C4C5C=CC3N5CN2C14.